The molecule has 0 amide bonds. The Labute approximate surface area is 108 Å². The van der Waals surface area contributed by atoms with E-state index in [4.69, 9.17) is 10.00 Å². The molecule has 0 aromatic heterocycles. The monoisotopic (exact) mass is 248 g/mol. The molecule has 0 saturated carbocycles. The van der Waals surface area contributed by atoms with Crippen LogP contribution < -0.4 is 4.74 Å². The van der Waals surface area contributed by atoms with Crippen molar-refractivity contribution < 1.29 is 9.84 Å². The fourth-order valence-corrected chi connectivity index (χ4v) is 1.74. The van der Waals surface area contributed by atoms with E-state index in [0.29, 0.717) is 13.1 Å². The highest BCUT2D eigenvalue weighted by molar-refractivity contribution is 5.35. The van der Waals surface area contributed by atoms with E-state index in [1.165, 1.54) is 5.56 Å². The molecule has 1 rings (SSSR count). The predicted octanol–water partition coefficient (Wildman–Crippen LogP) is 1.50. The highest BCUT2D eigenvalue weighted by Gasteiger charge is 2.09. The second-order valence-electron chi connectivity index (χ2n) is 4.59. The van der Waals surface area contributed by atoms with Crippen LogP contribution in [0, 0.1) is 25.2 Å². The van der Waals surface area contributed by atoms with E-state index < -0.39 is 6.10 Å². The average Bonchev–Trinajstić information content (AvgIpc) is 2.28. The van der Waals surface area contributed by atoms with Crippen molar-refractivity contribution in [3.63, 3.8) is 0 Å². The normalized spacial score (nSPS) is 12.2. The Bertz CT molecular complexity index is 426. The number of hydrogen-bond acceptors (Lipinski definition) is 4. The summed E-state index contributed by atoms with van der Waals surface area (Å²) in [5.41, 5.74) is 2.25. The van der Waals surface area contributed by atoms with Crippen LogP contribution in [0.25, 0.3) is 0 Å². The summed E-state index contributed by atoms with van der Waals surface area (Å²) in [6.07, 6.45) is -0.593. The molecule has 0 aliphatic heterocycles. The summed E-state index contributed by atoms with van der Waals surface area (Å²) in [6, 6.07) is 7.98. The maximum atomic E-state index is 9.78. The molecular formula is C14H20N2O2. The summed E-state index contributed by atoms with van der Waals surface area (Å²) in [5.74, 6) is 0.794. The van der Waals surface area contributed by atoms with Gasteiger partial charge in [-0.25, -0.2) is 0 Å². The lowest BCUT2D eigenvalue weighted by Crippen LogP contribution is -2.33. The Balaban J connectivity index is 2.43. The third-order valence-corrected chi connectivity index (χ3v) is 2.62. The van der Waals surface area contributed by atoms with Gasteiger partial charge in [0, 0.05) is 6.54 Å². The van der Waals surface area contributed by atoms with Gasteiger partial charge in [0.2, 0.25) is 0 Å². The van der Waals surface area contributed by atoms with Gasteiger partial charge in [-0.05, 0) is 32.5 Å². The minimum absolute atomic E-state index is 0.236. The Hall–Kier alpha value is -1.57. The van der Waals surface area contributed by atoms with E-state index >= 15 is 0 Å². The quantitative estimate of drug-likeness (QED) is 0.775. The Morgan fingerprint density at radius 3 is 2.78 bits per heavy atom. The predicted molar refractivity (Wildman–Crippen MR) is 70.5 cm³/mol. The fraction of sp³-hybridized carbons (Fsp3) is 0.500. The van der Waals surface area contributed by atoms with E-state index in [1.807, 2.05) is 38.1 Å². The van der Waals surface area contributed by atoms with Gasteiger partial charge in [0.05, 0.1) is 12.6 Å². The number of aliphatic hydroxyl groups excluding tert-OH is 1. The van der Waals surface area contributed by atoms with Crippen LogP contribution in [-0.4, -0.2) is 42.9 Å². The van der Waals surface area contributed by atoms with Crippen LogP contribution in [-0.2, 0) is 0 Å². The molecule has 98 valence electrons. The zero-order chi connectivity index (χ0) is 13.5. The molecule has 0 aliphatic rings. The van der Waals surface area contributed by atoms with Gasteiger partial charge in [-0.2, -0.15) is 5.26 Å². The summed E-state index contributed by atoms with van der Waals surface area (Å²) in [4.78, 5) is 1.76. The molecule has 18 heavy (non-hydrogen) atoms. The largest absolute Gasteiger partial charge is 0.491 e. The number of rotatable bonds is 6. The lowest BCUT2D eigenvalue weighted by molar-refractivity contribution is 0.0796. The summed E-state index contributed by atoms with van der Waals surface area (Å²) < 4.78 is 5.57. The molecule has 1 N–H and O–H groups in total. The van der Waals surface area contributed by atoms with E-state index in [0.717, 1.165) is 11.3 Å². The standard InChI is InChI=1S/C14H20N2O2/c1-11-4-5-14(12(2)8-11)18-10-13(17)9-16(3)7-6-15/h4-5,8,13,17H,7,9-10H2,1-3H3. The number of nitriles is 1. The van der Waals surface area contributed by atoms with Crippen molar-refractivity contribution >= 4 is 0 Å². The van der Waals surface area contributed by atoms with Crippen LogP contribution in [0.1, 0.15) is 11.1 Å². The maximum absolute atomic E-state index is 9.78. The Kier molecular flexibility index (Phi) is 5.63. The van der Waals surface area contributed by atoms with Gasteiger partial charge >= 0.3 is 0 Å². The molecule has 1 aromatic rings. The SMILES string of the molecule is Cc1ccc(OCC(O)CN(C)CC#N)c(C)c1. The average molecular weight is 248 g/mol. The molecule has 1 aromatic carbocycles. The van der Waals surface area contributed by atoms with Gasteiger partial charge in [-0.3, -0.25) is 4.90 Å². The molecule has 0 aliphatic carbocycles. The Morgan fingerprint density at radius 1 is 1.44 bits per heavy atom. The molecule has 4 nitrogen and oxygen atoms in total. The zero-order valence-corrected chi connectivity index (χ0v) is 11.2. The van der Waals surface area contributed by atoms with Gasteiger partial charge in [-0.1, -0.05) is 17.7 Å². The van der Waals surface area contributed by atoms with Crippen molar-refractivity contribution in [2.45, 2.75) is 20.0 Å². The summed E-state index contributed by atoms with van der Waals surface area (Å²) >= 11 is 0. The van der Waals surface area contributed by atoms with Crippen LogP contribution in [0.3, 0.4) is 0 Å². The van der Waals surface area contributed by atoms with Crippen molar-refractivity contribution in [2.75, 3.05) is 26.7 Å². The highest BCUT2D eigenvalue weighted by Crippen LogP contribution is 2.18. The number of nitrogens with zero attached hydrogens (tertiary/aromatic N) is 2. The minimum Gasteiger partial charge on any atom is -0.491 e. The molecule has 1 unspecified atom stereocenters. The second-order valence-corrected chi connectivity index (χ2v) is 4.59. The smallest absolute Gasteiger partial charge is 0.122 e. The van der Waals surface area contributed by atoms with Gasteiger partial charge in [-0.15, -0.1) is 0 Å². The second kappa shape index (κ2) is 7.00. The lowest BCUT2D eigenvalue weighted by atomic mass is 10.1. The van der Waals surface area contributed by atoms with Crippen molar-refractivity contribution in [1.29, 1.82) is 5.26 Å². The van der Waals surface area contributed by atoms with Crippen LogP contribution in [0.4, 0.5) is 0 Å². The molecule has 0 bridgehead atoms. The first-order valence-corrected chi connectivity index (χ1v) is 5.96. The van der Waals surface area contributed by atoms with Gasteiger partial charge < -0.3 is 9.84 Å². The number of hydrogen-bond donors (Lipinski definition) is 1. The van der Waals surface area contributed by atoms with Crippen molar-refractivity contribution in [1.82, 2.24) is 4.90 Å². The van der Waals surface area contributed by atoms with Crippen molar-refractivity contribution in [3.05, 3.63) is 29.3 Å². The summed E-state index contributed by atoms with van der Waals surface area (Å²) in [7, 11) is 1.80. The number of benzene rings is 1. The van der Waals surface area contributed by atoms with E-state index in [-0.39, 0.29) is 6.61 Å². The number of likely N-dealkylation sites (N-methyl/N-ethyl adjacent to an activating group) is 1. The van der Waals surface area contributed by atoms with Gasteiger partial charge in [0.25, 0.3) is 0 Å². The van der Waals surface area contributed by atoms with E-state index in [1.54, 1.807) is 11.9 Å². The van der Waals surface area contributed by atoms with Crippen molar-refractivity contribution in [2.24, 2.45) is 0 Å². The van der Waals surface area contributed by atoms with Crippen LogP contribution in [0.5, 0.6) is 5.75 Å². The first kappa shape index (κ1) is 14.5. The molecular weight excluding hydrogens is 228 g/mol. The fourth-order valence-electron chi connectivity index (χ4n) is 1.74. The maximum Gasteiger partial charge on any atom is 0.122 e. The topological polar surface area (TPSA) is 56.5 Å². The first-order chi connectivity index (χ1) is 8.52. The van der Waals surface area contributed by atoms with E-state index in [9.17, 15) is 5.11 Å². The van der Waals surface area contributed by atoms with Gasteiger partial charge in [0.1, 0.15) is 18.5 Å². The van der Waals surface area contributed by atoms with Crippen LogP contribution in [0.2, 0.25) is 0 Å². The molecule has 0 spiro atoms. The molecule has 1 atom stereocenters. The third-order valence-electron chi connectivity index (χ3n) is 2.62. The number of aliphatic hydroxyl groups is 1. The van der Waals surface area contributed by atoms with E-state index in [2.05, 4.69) is 0 Å². The zero-order valence-electron chi connectivity index (χ0n) is 11.2. The first-order valence-electron chi connectivity index (χ1n) is 5.96. The van der Waals surface area contributed by atoms with Crippen molar-refractivity contribution in [3.8, 4) is 11.8 Å². The molecule has 0 fully saturated rings. The summed E-state index contributed by atoms with van der Waals surface area (Å²) in [6.45, 7) is 4.98. The summed E-state index contributed by atoms with van der Waals surface area (Å²) in [5, 5.41) is 18.3. The molecule has 4 heteroatoms. The number of aryl methyl sites for hydroxylation is 2. The van der Waals surface area contributed by atoms with Crippen LogP contribution in [0.15, 0.2) is 18.2 Å². The molecule has 0 heterocycles. The Morgan fingerprint density at radius 2 is 2.17 bits per heavy atom. The minimum atomic E-state index is -0.593. The lowest BCUT2D eigenvalue weighted by Gasteiger charge is -2.18. The molecule has 0 radical (unpaired) electrons. The highest BCUT2D eigenvalue weighted by atomic mass is 16.5. The third kappa shape index (κ3) is 4.74. The van der Waals surface area contributed by atoms with Crippen LogP contribution >= 0.6 is 0 Å². The number of ether oxygens (including phenoxy) is 1. The van der Waals surface area contributed by atoms with Gasteiger partial charge in [0.15, 0.2) is 0 Å². The molecule has 0 saturated heterocycles.